The molecule has 0 spiro atoms. The molecule has 0 amide bonds. The second-order valence-corrected chi connectivity index (χ2v) is 2.27. The third kappa shape index (κ3) is 1.46. The largest absolute Gasteiger partial charge is 0.326 e. The van der Waals surface area contributed by atoms with Gasteiger partial charge in [0.05, 0.1) is 0 Å². The Morgan fingerprint density at radius 3 is 2.90 bits per heavy atom. The molecule has 1 aromatic carbocycles. The Kier molecular flexibility index (Phi) is 2.25. The minimum absolute atomic E-state index is 0.315. The molecule has 1 rings (SSSR count). The predicted molar refractivity (Wildman–Crippen MR) is 38.1 cm³/mol. The molecular formula is C7H6ClFN. The first-order valence-electron chi connectivity index (χ1n) is 2.79. The predicted octanol–water partition coefficient (Wildman–Crippen LogP) is 1.74. The summed E-state index contributed by atoms with van der Waals surface area (Å²) in [6, 6.07) is 5.01. The van der Waals surface area contributed by atoms with Crippen molar-refractivity contribution < 1.29 is 4.39 Å². The van der Waals surface area contributed by atoms with Crippen LogP contribution in [-0.2, 0) is 6.54 Å². The standard InChI is InChI=1S/C7H6ClFN/c8-7-3-6(9)2-1-5(7)4-10/h1,3H,4,10H2. The molecule has 0 aromatic heterocycles. The molecule has 1 radical (unpaired) electrons. The molecule has 53 valence electrons. The Bertz CT molecular complexity index is 237. The molecule has 1 aromatic rings. The van der Waals surface area contributed by atoms with Crippen LogP contribution < -0.4 is 5.73 Å². The van der Waals surface area contributed by atoms with Crippen molar-refractivity contribution in [2.45, 2.75) is 6.54 Å². The lowest BCUT2D eigenvalue weighted by atomic mass is 10.2. The van der Waals surface area contributed by atoms with Crippen LogP contribution in [0.25, 0.3) is 0 Å². The van der Waals surface area contributed by atoms with E-state index in [4.69, 9.17) is 17.3 Å². The van der Waals surface area contributed by atoms with E-state index in [0.717, 1.165) is 0 Å². The summed E-state index contributed by atoms with van der Waals surface area (Å²) in [4.78, 5) is 0. The highest BCUT2D eigenvalue weighted by Crippen LogP contribution is 2.15. The van der Waals surface area contributed by atoms with Crippen LogP contribution >= 0.6 is 11.6 Å². The van der Waals surface area contributed by atoms with Crippen LogP contribution in [0.3, 0.4) is 0 Å². The van der Waals surface area contributed by atoms with Gasteiger partial charge in [0, 0.05) is 17.6 Å². The fourth-order valence-corrected chi connectivity index (χ4v) is 0.855. The van der Waals surface area contributed by atoms with Gasteiger partial charge < -0.3 is 5.73 Å². The van der Waals surface area contributed by atoms with Gasteiger partial charge in [-0.1, -0.05) is 11.6 Å². The van der Waals surface area contributed by atoms with Gasteiger partial charge in [-0.3, -0.25) is 0 Å². The van der Waals surface area contributed by atoms with Crippen LogP contribution in [0, 0.1) is 11.9 Å². The van der Waals surface area contributed by atoms with E-state index in [-0.39, 0.29) is 0 Å². The van der Waals surface area contributed by atoms with E-state index in [0.29, 0.717) is 17.1 Å². The Morgan fingerprint density at radius 1 is 1.70 bits per heavy atom. The second-order valence-electron chi connectivity index (χ2n) is 1.86. The Balaban J connectivity index is 3.07. The summed E-state index contributed by atoms with van der Waals surface area (Å²) < 4.78 is 12.3. The number of nitrogens with two attached hydrogens (primary N) is 1. The van der Waals surface area contributed by atoms with Crippen LogP contribution in [0.2, 0.25) is 5.02 Å². The van der Waals surface area contributed by atoms with Gasteiger partial charge in [-0.05, 0) is 17.7 Å². The molecule has 0 bridgehead atoms. The van der Waals surface area contributed by atoms with Gasteiger partial charge in [0.15, 0.2) is 0 Å². The third-order valence-electron chi connectivity index (χ3n) is 1.16. The Morgan fingerprint density at radius 2 is 2.40 bits per heavy atom. The first kappa shape index (κ1) is 7.51. The number of hydrogen-bond acceptors (Lipinski definition) is 1. The summed E-state index contributed by atoms with van der Waals surface area (Å²) in [7, 11) is 0. The van der Waals surface area contributed by atoms with Crippen molar-refractivity contribution in [2.24, 2.45) is 5.73 Å². The lowest BCUT2D eigenvalue weighted by molar-refractivity contribution is 0.625. The lowest BCUT2D eigenvalue weighted by Gasteiger charge is -1.97. The van der Waals surface area contributed by atoms with Gasteiger partial charge in [0.2, 0.25) is 0 Å². The molecule has 0 saturated heterocycles. The Hall–Kier alpha value is -0.600. The van der Waals surface area contributed by atoms with Crippen molar-refractivity contribution in [3.05, 3.63) is 34.6 Å². The van der Waals surface area contributed by atoms with Crippen LogP contribution in [0.1, 0.15) is 5.56 Å². The maximum atomic E-state index is 12.3. The fourth-order valence-electron chi connectivity index (χ4n) is 0.627. The lowest BCUT2D eigenvalue weighted by Crippen LogP contribution is -1.97. The molecule has 0 saturated carbocycles. The van der Waals surface area contributed by atoms with E-state index >= 15 is 0 Å². The zero-order chi connectivity index (χ0) is 7.56. The highest BCUT2D eigenvalue weighted by atomic mass is 35.5. The molecule has 0 fully saturated rings. The Labute approximate surface area is 63.6 Å². The highest BCUT2D eigenvalue weighted by molar-refractivity contribution is 6.31. The quantitative estimate of drug-likeness (QED) is 0.662. The fraction of sp³-hybridized carbons (Fsp3) is 0.143. The van der Waals surface area contributed by atoms with Crippen LogP contribution in [0.5, 0.6) is 0 Å². The number of halogens is 2. The first-order chi connectivity index (χ1) is 4.74. The molecule has 3 heteroatoms. The SMILES string of the molecule is NCc1c[c]c(F)cc1Cl. The van der Waals surface area contributed by atoms with E-state index in [1.165, 1.54) is 12.1 Å². The molecule has 10 heavy (non-hydrogen) atoms. The van der Waals surface area contributed by atoms with Crippen molar-refractivity contribution in [1.29, 1.82) is 0 Å². The second kappa shape index (κ2) is 2.99. The minimum Gasteiger partial charge on any atom is -0.326 e. The average Bonchev–Trinajstić information content (AvgIpc) is 1.88. The van der Waals surface area contributed by atoms with Gasteiger partial charge in [0.1, 0.15) is 5.82 Å². The van der Waals surface area contributed by atoms with Crippen LogP contribution in [0.15, 0.2) is 12.1 Å². The van der Waals surface area contributed by atoms with Crippen molar-refractivity contribution in [1.82, 2.24) is 0 Å². The van der Waals surface area contributed by atoms with E-state index in [2.05, 4.69) is 6.07 Å². The average molecular weight is 159 g/mol. The van der Waals surface area contributed by atoms with Crippen molar-refractivity contribution in [3.8, 4) is 0 Å². The normalized spacial score (nSPS) is 9.90. The number of rotatable bonds is 1. The smallest absolute Gasteiger partial charge is 0.132 e. The summed E-state index contributed by atoms with van der Waals surface area (Å²) in [5.41, 5.74) is 5.99. The number of hydrogen-bond donors (Lipinski definition) is 1. The van der Waals surface area contributed by atoms with E-state index < -0.39 is 5.82 Å². The maximum Gasteiger partial charge on any atom is 0.132 e. The number of benzene rings is 1. The van der Waals surface area contributed by atoms with E-state index in [1.807, 2.05) is 0 Å². The van der Waals surface area contributed by atoms with Crippen LogP contribution in [-0.4, -0.2) is 0 Å². The van der Waals surface area contributed by atoms with Gasteiger partial charge in [0.25, 0.3) is 0 Å². The molecule has 0 unspecified atom stereocenters. The summed E-state index contributed by atoms with van der Waals surface area (Å²) in [5, 5.41) is 0.360. The van der Waals surface area contributed by atoms with E-state index in [1.54, 1.807) is 0 Å². The van der Waals surface area contributed by atoms with Gasteiger partial charge >= 0.3 is 0 Å². The molecule has 2 N–H and O–H groups in total. The highest BCUT2D eigenvalue weighted by Gasteiger charge is 1.98. The topological polar surface area (TPSA) is 26.0 Å². The van der Waals surface area contributed by atoms with Crippen molar-refractivity contribution in [3.63, 3.8) is 0 Å². The summed E-state index contributed by atoms with van der Waals surface area (Å²) in [6.07, 6.45) is 0. The van der Waals surface area contributed by atoms with Crippen LogP contribution in [0.4, 0.5) is 4.39 Å². The molecule has 0 heterocycles. The molecule has 0 aliphatic carbocycles. The van der Waals surface area contributed by atoms with Gasteiger partial charge in [-0.15, -0.1) is 0 Å². The minimum atomic E-state index is -0.456. The molecule has 0 aliphatic heterocycles. The molecule has 0 aliphatic rings. The zero-order valence-corrected chi connectivity index (χ0v) is 5.95. The molecule has 0 atom stereocenters. The summed E-state index contributed by atoms with van der Waals surface area (Å²) in [5.74, 6) is -0.456. The molecule has 1 nitrogen and oxygen atoms in total. The molecular weight excluding hydrogens is 153 g/mol. The monoisotopic (exact) mass is 158 g/mol. The summed E-state index contributed by atoms with van der Waals surface area (Å²) in [6.45, 7) is 0.315. The first-order valence-corrected chi connectivity index (χ1v) is 3.17. The third-order valence-corrected chi connectivity index (χ3v) is 1.52. The maximum absolute atomic E-state index is 12.3. The van der Waals surface area contributed by atoms with E-state index in [9.17, 15) is 4.39 Å². The van der Waals surface area contributed by atoms with Gasteiger partial charge in [-0.25, -0.2) is 4.39 Å². The summed E-state index contributed by atoms with van der Waals surface area (Å²) >= 11 is 5.59. The van der Waals surface area contributed by atoms with Gasteiger partial charge in [-0.2, -0.15) is 0 Å². The zero-order valence-electron chi connectivity index (χ0n) is 5.20. The van der Waals surface area contributed by atoms with Crippen molar-refractivity contribution >= 4 is 11.6 Å². The van der Waals surface area contributed by atoms with Crippen molar-refractivity contribution in [2.75, 3.05) is 0 Å².